The first kappa shape index (κ1) is 38.8. The van der Waals surface area contributed by atoms with Gasteiger partial charge in [-0.05, 0) is 50.9 Å². The lowest BCUT2D eigenvalue weighted by Crippen LogP contribution is -2.42. The SMILES string of the molecule is CCCCCC(=O)NC(=O)NCCCCC(CCCNC(=O)NC(=O)CCCCC)CNC(=O)NC(=O)CCCCC. The molecule has 0 aromatic heterocycles. The molecule has 6 N–H and O–H groups in total. The zero-order valence-corrected chi connectivity index (χ0v) is 26.2. The standard InChI is InChI=1S/C30H56N6O6/c1-4-7-10-18-25(37)34-28(40)31-21-14-13-16-24(23-33-30(42)36-27(39)20-12-9-6-3)17-15-22-32-29(41)35-26(38)19-11-8-5-2/h24H,4-23H2,1-3H3,(H2,31,34,37,40)(H2,32,35,38,41)(H2,33,36,39,42). The largest absolute Gasteiger partial charge is 0.338 e. The van der Waals surface area contributed by atoms with E-state index >= 15 is 0 Å². The molecule has 12 nitrogen and oxygen atoms in total. The van der Waals surface area contributed by atoms with E-state index in [1.807, 2.05) is 20.8 Å². The van der Waals surface area contributed by atoms with Gasteiger partial charge in [-0.1, -0.05) is 65.7 Å². The number of unbranched alkanes of at least 4 members (excludes halogenated alkanes) is 7. The van der Waals surface area contributed by atoms with E-state index in [-0.39, 0.29) is 23.6 Å². The molecule has 0 rings (SSSR count). The lowest BCUT2D eigenvalue weighted by atomic mass is 9.96. The molecule has 1 unspecified atom stereocenters. The second kappa shape index (κ2) is 26.7. The first-order valence-electron chi connectivity index (χ1n) is 15.9. The average molecular weight is 597 g/mol. The second-order valence-corrected chi connectivity index (χ2v) is 10.7. The Morgan fingerprint density at radius 3 is 1.26 bits per heavy atom. The molecule has 0 spiro atoms. The topological polar surface area (TPSA) is 175 Å². The normalized spacial score (nSPS) is 11.2. The fourth-order valence-electron chi connectivity index (χ4n) is 4.24. The van der Waals surface area contributed by atoms with Gasteiger partial charge in [0.2, 0.25) is 17.7 Å². The molecular formula is C30H56N6O6. The second-order valence-electron chi connectivity index (χ2n) is 10.7. The van der Waals surface area contributed by atoms with Gasteiger partial charge in [-0.25, -0.2) is 14.4 Å². The van der Waals surface area contributed by atoms with Crippen molar-refractivity contribution < 1.29 is 28.8 Å². The molecule has 9 amide bonds. The van der Waals surface area contributed by atoms with Crippen LogP contribution in [0, 0.1) is 5.92 Å². The third-order valence-electron chi connectivity index (χ3n) is 6.73. The third-order valence-corrected chi connectivity index (χ3v) is 6.73. The van der Waals surface area contributed by atoms with Crippen molar-refractivity contribution in [2.45, 2.75) is 130 Å². The molecule has 0 heterocycles. The molecular weight excluding hydrogens is 540 g/mol. The minimum atomic E-state index is -0.525. The van der Waals surface area contributed by atoms with Crippen LogP contribution in [-0.4, -0.2) is 55.4 Å². The molecule has 0 aromatic carbocycles. The lowest BCUT2D eigenvalue weighted by molar-refractivity contribution is -0.121. The number of imide groups is 3. The summed E-state index contributed by atoms with van der Waals surface area (Å²) in [5.41, 5.74) is 0. The van der Waals surface area contributed by atoms with Crippen molar-refractivity contribution in [1.29, 1.82) is 0 Å². The first-order chi connectivity index (χ1) is 20.2. The average Bonchev–Trinajstić information content (AvgIpc) is 2.93. The number of carbonyl (C=O) groups excluding carboxylic acids is 6. The van der Waals surface area contributed by atoms with Crippen LogP contribution in [0.4, 0.5) is 14.4 Å². The number of hydrogen-bond donors (Lipinski definition) is 6. The van der Waals surface area contributed by atoms with Gasteiger partial charge in [0, 0.05) is 38.9 Å². The molecule has 0 fully saturated rings. The zero-order chi connectivity index (χ0) is 31.4. The van der Waals surface area contributed by atoms with Gasteiger partial charge in [-0.3, -0.25) is 30.3 Å². The maximum atomic E-state index is 12.2. The molecule has 0 aliphatic carbocycles. The van der Waals surface area contributed by atoms with E-state index in [1.165, 1.54) is 0 Å². The number of hydrogen-bond acceptors (Lipinski definition) is 6. The highest BCUT2D eigenvalue weighted by molar-refractivity contribution is 5.95. The van der Waals surface area contributed by atoms with E-state index in [4.69, 9.17) is 0 Å². The van der Waals surface area contributed by atoms with Gasteiger partial charge in [0.1, 0.15) is 0 Å². The van der Waals surface area contributed by atoms with E-state index in [0.717, 1.165) is 70.6 Å². The Kier molecular flexibility index (Phi) is 24.7. The van der Waals surface area contributed by atoms with Crippen LogP contribution < -0.4 is 31.9 Å². The summed E-state index contributed by atoms with van der Waals surface area (Å²) in [6.07, 6.45) is 12.6. The summed E-state index contributed by atoms with van der Waals surface area (Å²) in [5, 5.41) is 15.2. The van der Waals surface area contributed by atoms with Crippen LogP contribution in [0.25, 0.3) is 0 Å². The maximum absolute atomic E-state index is 12.2. The van der Waals surface area contributed by atoms with Crippen LogP contribution in [0.1, 0.15) is 130 Å². The van der Waals surface area contributed by atoms with Crippen molar-refractivity contribution in [2.75, 3.05) is 19.6 Å². The van der Waals surface area contributed by atoms with E-state index in [0.29, 0.717) is 58.2 Å². The molecule has 242 valence electrons. The van der Waals surface area contributed by atoms with Crippen LogP contribution in [0.15, 0.2) is 0 Å². The van der Waals surface area contributed by atoms with Gasteiger partial charge >= 0.3 is 18.1 Å². The van der Waals surface area contributed by atoms with Crippen molar-refractivity contribution in [3.8, 4) is 0 Å². The summed E-state index contributed by atoms with van der Waals surface area (Å²) in [5.74, 6) is -0.788. The van der Waals surface area contributed by atoms with E-state index in [2.05, 4.69) is 31.9 Å². The van der Waals surface area contributed by atoms with Crippen LogP contribution in [0.2, 0.25) is 0 Å². The van der Waals surface area contributed by atoms with E-state index < -0.39 is 18.1 Å². The zero-order valence-electron chi connectivity index (χ0n) is 26.2. The molecule has 0 aliphatic rings. The van der Waals surface area contributed by atoms with Crippen molar-refractivity contribution in [1.82, 2.24) is 31.9 Å². The highest BCUT2D eigenvalue weighted by Gasteiger charge is 2.14. The number of rotatable bonds is 23. The minimum Gasteiger partial charge on any atom is -0.338 e. The fraction of sp³-hybridized carbons (Fsp3) is 0.800. The monoisotopic (exact) mass is 596 g/mol. The third kappa shape index (κ3) is 24.6. The Morgan fingerprint density at radius 1 is 0.452 bits per heavy atom. The summed E-state index contributed by atoms with van der Waals surface area (Å²) < 4.78 is 0. The Bertz CT molecular complexity index is 807. The van der Waals surface area contributed by atoms with Gasteiger partial charge in [0.15, 0.2) is 0 Å². The van der Waals surface area contributed by atoms with Gasteiger partial charge in [-0.15, -0.1) is 0 Å². The van der Waals surface area contributed by atoms with Gasteiger partial charge in [0.25, 0.3) is 0 Å². The van der Waals surface area contributed by atoms with Crippen molar-refractivity contribution in [2.24, 2.45) is 5.92 Å². The first-order valence-corrected chi connectivity index (χ1v) is 15.9. The predicted molar refractivity (Wildman–Crippen MR) is 164 cm³/mol. The van der Waals surface area contributed by atoms with E-state index in [1.54, 1.807) is 0 Å². The smallest absolute Gasteiger partial charge is 0.321 e. The van der Waals surface area contributed by atoms with Crippen molar-refractivity contribution in [3.05, 3.63) is 0 Å². The molecule has 0 saturated heterocycles. The summed E-state index contributed by atoms with van der Waals surface area (Å²) >= 11 is 0. The number of amides is 9. The van der Waals surface area contributed by atoms with Crippen molar-refractivity contribution in [3.63, 3.8) is 0 Å². The van der Waals surface area contributed by atoms with Gasteiger partial charge in [0.05, 0.1) is 0 Å². The van der Waals surface area contributed by atoms with Crippen LogP contribution in [-0.2, 0) is 14.4 Å². The van der Waals surface area contributed by atoms with Gasteiger partial charge < -0.3 is 16.0 Å². The fourth-order valence-corrected chi connectivity index (χ4v) is 4.24. The minimum absolute atomic E-state index is 0.0838. The summed E-state index contributed by atoms with van der Waals surface area (Å²) in [4.78, 5) is 71.6. The molecule has 0 aromatic rings. The summed E-state index contributed by atoms with van der Waals surface area (Å²) in [6.45, 7) is 7.28. The number of carbonyl (C=O) groups is 6. The predicted octanol–water partition coefficient (Wildman–Crippen LogP) is 4.77. The molecule has 42 heavy (non-hydrogen) atoms. The van der Waals surface area contributed by atoms with E-state index in [9.17, 15) is 28.8 Å². The van der Waals surface area contributed by atoms with Gasteiger partial charge in [-0.2, -0.15) is 0 Å². The highest BCUT2D eigenvalue weighted by Crippen LogP contribution is 2.14. The van der Waals surface area contributed by atoms with Crippen molar-refractivity contribution >= 4 is 35.8 Å². The molecule has 1 atom stereocenters. The highest BCUT2D eigenvalue weighted by atomic mass is 16.2. The Hall–Kier alpha value is -3.18. The molecule has 0 saturated carbocycles. The van der Waals surface area contributed by atoms with Crippen LogP contribution in [0.3, 0.4) is 0 Å². The Labute approximate surface area is 252 Å². The molecule has 0 aliphatic heterocycles. The van der Waals surface area contributed by atoms with Crippen LogP contribution in [0.5, 0.6) is 0 Å². The summed E-state index contributed by atoms with van der Waals surface area (Å²) in [6, 6.07) is -1.54. The number of nitrogens with one attached hydrogen (secondary N) is 6. The Balaban J connectivity index is 4.52. The quantitative estimate of drug-likeness (QED) is 0.0926. The lowest BCUT2D eigenvalue weighted by Gasteiger charge is -2.18. The molecule has 0 radical (unpaired) electrons. The van der Waals surface area contributed by atoms with Crippen LogP contribution >= 0.6 is 0 Å². The molecule has 12 heteroatoms. The summed E-state index contributed by atoms with van der Waals surface area (Å²) in [7, 11) is 0. The maximum Gasteiger partial charge on any atom is 0.321 e. The molecule has 0 bridgehead atoms. The number of urea groups is 3. The Morgan fingerprint density at radius 2 is 0.833 bits per heavy atom.